The Morgan fingerprint density at radius 1 is 1.14 bits per heavy atom. The van der Waals surface area contributed by atoms with Crippen LogP contribution in [0.2, 0.25) is 0 Å². The van der Waals surface area contributed by atoms with E-state index in [9.17, 15) is 0 Å². The minimum Gasteiger partial charge on any atom is -0.378 e. The molecule has 0 bridgehead atoms. The summed E-state index contributed by atoms with van der Waals surface area (Å²) in [5.41, 5.74) is 3.18. The Kier molecular flexibility index (Phi) is 3.95. The van der Waals surface area contributed by atoms with E-state index >= 15 is 0 Å². The summed E-state index contributed by atoms with van der Waals surface area (Å²) < 4.78 is 3.79. The van der Waals surface area contributed by atoms with Gasteiger partial charge in [0.2, 0.25) is 0 Å². The first-order chi connectivity index (χ1) is 10.4. The molecule has 6 heteroatoms. The van der Waals surface area contributed by atoms with Gasteiger partial charge in [0.15, 0.2) is 0 Å². The molecular weight excluding hydrogens is 264 g/mol. The Hall–Kier alpha value is -2.63. The Morgan fingerprint density at radius 3 is 2.86 bits per heavy atom. The lowest BCUT2D eigenvalue weighted by molar-refractivity contribution is 0.578. The number of nitrogens with zero attached hydrogens (tertiary/aromatic N) is 5. The molecule has 0 unspecified atom stereocenters. The molecule has 2 heterocycles. The third kappa shape index (κ3) is 2.94. The molecule has 0 fully saturated rings. The highest BCUT2D eigenvalue weighted by atomic mass is 15.3. The topological polar surface area (TPSA) is 60.6 Å². The van der Waals surface area contributed by atoms with Crippen molar-refractivity contribution in [3.05, 3.63) is 54.9 Å². The molecule has 21 heavy (non-hydrogen) atoms. The van der Waals surface area contributed by atoms with Crippen molar-refractivity contribution in [2.45, 2.75) is 26.4 Å². The van der Waals surface area contributed by atoms with Crippen LogP contribution in [0, 0.1) is 0 Å². The monoisotopic (exact) mass is 282 g/mol. The largest absolute Gasteiger partial charge is 0.378 e. The Labute approximate surface area is 123 Å². The van der Waals surface area contributed by atoms with Gasteiger partial charge >= 0.3 is 0 Å². The van der Waals surface area contributed by atoms with Gasteiger partial charge in [-0.3, -0.25) is 4.68 Å². The summed E-state index contributed by atoms with van der Waals surface area (Å²) in [5.74, 6) is 0. The molecule has 0 atom stereocenters. The quantitative estimate of drug-likeness (QED) is 0.754. The van der Waals surface area contributed by atoms with E-state index in [-0.39, 0.29) is 0 Å². The number of aryl methyl sites for hydroxylation is 1. The molecule has 1 N–H and O–H groups in total. The molecule has 0 amide bonds. The van der Waals surface area contributed by atoms with E-state index in [1.165, 1.54) is 12.0 Å². The number of rotatable bonds is 6. The molecule has 2 aromatic heterocycles. The van der Waals surface area contributed by atoms with E-state index in [2.05, 4.69) is 27.4 Å². The lowest BCUT2D eigenvalue weighted by atomic mass is 10.2. The molecule has 0 saturated heterocycles. The highest BCUT2D eigenvalue weighted by Gasteiger charge is 2.06. The zero-order chi connectivity index (χ0) is 14.5. The normalized spacial score (nSPS) is 10.7. The van der Waals surface area contributed by atoms with E-state index in [1.807, 2.05) is 41.2 Å². The summed E-state index contributed by atoms with van der Waals surface area (Å²) in [4.78, 5) is 4.00. The molecule has 0 radical (unpaired) electrons. The van der Waals surface area contributed by atoms with Gasteiger partial charge in [0.05, 0.1) is 23.6 Å². The molecule has 0 spiro atoms. The third-order valence-electron chi connectivity index (χ3n) is 3.27. The minimum absolute atomic E-state index is 0.728. The SMILES string of the molecule is CCCn1nccc1CNc1ccccc1-n1cncn1. The number of para-hydroxylation sites is 2. The second-order valence-corrected chi connectivity index (χ2v) is 4.76. The standard InChI is InChI=1S/C15H18N6/c1-2-9-20-13(7-8-18-20)10-17-14-5-3-4-6-15(14)21-12-16-11-19-21/h3-8,11-12,17H,2,9-10H2,1H3. The van der Waals surface area contributed by atoms with Crippen LogP contribution >= 0.6 is 0 Å². The number of hydrogen-bond acceptors (Lipinski definition) is 4. The summed E-state index contributed by atoms with van der Waals surface area (Å²) in [6.07, 6.45) is 6.15. The molecule has 6 nitrogen and oxygen atoms in total. The van der Waals surface area contributed by atoms with Crippen LogP contribution in [0.4, 0.5) is 5.69 Å². The maximum Gasteiger partial charge on any atom is 0.138 e. The molecule has 0 saturated carbocycles. The highest BCUT2D eigenvalue weighted by molar-refractivity contribution is 5.60. The molecule has 0 aliphatic rings. The Morgan fingerprint density at radius 2 is 2.05 bits per heavy atom. The van der Waals surface area contributed by atoms with E-state index in [1.54, 1.807) is 11.0 Å². The zero-order valence-corrected chi connectivity index (χ0v) is 12.0. The van der Waals surface area contributed by atoms with Gasteiger partial charge in [-0.15, -0.1) is 0 Å². The second-order valence-electron chi connectivity index (χ2n) is 4.76. The first-order valence-corrected chi connectivity index (χ1v) is 7.07. The minimum atomic E-state index is 0.728. The molecule has 3 rings (SSSR count). The maximum absolute atomic E-state index is 4.34. The summed E-state index contributed by atoms with van der Waals surface area (Å²) >= 11 is 0. The Balaban J connectivity index is 1.78. The predicted molar refractivity (Wildman–Crippen MR) is 81.2 cm³/mol. The number of hydrogen-bond donors (Lipinski definition) is 1. The Bertz CT molecular complexity index is 686. The van der Waals surface area contributed by atoms with Gasteiger partial charge < -0.3 is 5.32 Å². The van der Waals surface area contributed by atoms with Crippen molar-refractivity contribution >= 4 is 5.69 Å². The van der Waals surface area contributed by atoms with Gasteiger partial charge in [-0.25, -0.2) is 9.67 Å². The van der Waals surface area contributed by atoms with Crippen LogP contribution in [0.25, 0.3) is 5.69 Å². The molecule has 1 aromatic carbocycles. The average molecular weight is 282 g/mol. The third-order valence-corrected chi connectivity index (χ3v) is 3.27. The van der Waals surface area contributed by atoms with Gasteiger partial charge in [-0.1, -0.05) is 19.1 Å². The number of aromatic nitrogens is 5. The van der Waals surface area contributed by atoms with Crippen LogP contribution in [0.5, 0.6) is 0 Å². The maximum atomic E-state index is 4.34. The number of anilines is 1. The van der Waals surface area contributed by atoms with Crippen LogP contribution < -0.4 is 5.32 Å². The fraction of sp³-hybridized carbons (Fsp3) is 0.267. The lowest BCUT2D eigenvalue weighted by Crippen LogP contribution is -2.10. The molecular formula is C15H18N6. The smallest absolute Gasteiger partial charge is 0.138 e. The van der Waals surface area contributed by atoms with Crippen LogP contribution in [0.1, 0.15) is 19.0 Å². The van der Waals surface area contributed by atoms with Gasteiger partial charge in [-0.05, 0) is 24.6 Å². The summed E-state index contributed by atoms with van der Waals surface area (Å²) in [7, 11) is 0. The molecule has 3 aromatic rings. The fourth-order valence-electron chi connectivity index (χ4n) is 2.26. The van der Waals surface area contributed by atoms with E-state index in [0.29, 0.717) is 0 Å². The van der Waals surface area contributed by atoms with E-state index < -0.39 is 0 Å². The first-order valence-electron chi connectivity index (χ1n) is 7.07. The van der Waals surface area contributed by atoms with Crippen molar-refractivity contribution in [3.8, 4) is 5.69 Å². The number of nitrogens with one attached hydrogen (secondary N) is 1. The van der Waals surface area contributed by atoms with Gasteiger partial charge in [-0.2, -0.15) is 10.2 Å². The predicted octanol–water partition coefficient (Wildman–Crippen LogP) is 2.49. The van der Waals surface area contributed by atoms with Crippen molar-refractivity contribution < 1.29 is 0 Å². The highest BCUT2D eigenvalue weighted by Crippen LogP contribution is 2.19. The van der Waals surface area contributed by atoms with Crippen molar-refractivity contribution in [3.63, 3.8) is 0 Å². The van der Waals surface area contributed by atoms with Crippen LogP contribution in [0.3, 0.4) is 0 Å². The fourth-order valence-corrected chi connectivity index (χ4v) is 2.26. The molecule has 108 valence electrons. The van der Waals surface area contributed by atoms with Crippen molar-refractivity contribution in [2.75, 3.05) is 5.32 Å². The summed E-state index contributed by atoms with van der Waals surface area (Å²) in [5, 5.41) is 12.0. The lowest BCUT2D eigenvalue weighted by Gasteiger charge is -2.12. The number of benzene rings is 1. The van der Waals surface area contributed by atoms with Gasteiger partial charge in [0.1, 0.15) is 12.7 Å². The molecule has 0 aliphatic heterocycles. The average Bonchev–Trinajstić information content (AvgIpc) is 3.17. The van der Waals surface area contributed by atoms with Crippen molar-refractivity contribution in [1.29, 1.82) is 0 Å². The van der Waals surface area contributed by atoms with E-state index in [0.717, 1.165) is 30.9 Å². The molecule has 0 aliphatic carbocycles. The second kappa shape index (κ2) is 6.21. The zero-order valence-electron chi connectivity index (χ0n) is 12.0. The van der Waals surface area contributed by atoms with Crippen molar-refractivity contribution in [2.24, 2.45) is 0 Å². The van der Waals surface area contributed by atoms with Gasteiger partial charge in [0, 0.05) is 12.7 Å². The van der Waals surface area contributed by atoms with Crippen LogP contribution in [-0.2, 0) is 13.1 Å². The first kappa shape index (κ1) is 13.4. The van der Waals surface area contributed by atoms with Crippen LogP contribution in [-0.4, -0.2) is 24.5 Å². The van der Waals surface area contributed by atoms with Gasteiger partial charge in [0.25, 0.3) is 0 Å². The van der Waals surface area contributed by atoms with Crippen LogP contribution in [0.15, 0.2) is 49.2 Å². The summed E-state index contributed by atoms with van der Waals surface area (Å²) in [6, 6.07) is 10.1. The summed E-state index contributed by atoms with van der Waals surface area (Å²) in [6.45, 7) is 3.82. The van der Waals surface area contributed by atoms with Crippen molar-refractivity contribution in [1.82, 2.24) is 24.5 Å². The van der Waals surface area contributed by atoms with E-state index in [4.69, 9.17) is 0 Å².